The molecule has 2 heterocycles. The zero-order chi connectivity index (χ0) is 30.9. The van der Waals surface area contributed by atoms with Crippen LogP contribution in [-0.2, 0) is 32.0 Å². The van der Waals surface area contributed by atoms with E-state index in [-0.39, 0.29) is 31.5 Å². The molecule has 5 rings (SSSR count). The number of nitrogens with zero attached hydrogens (tertiary/aromatic N) is 1. The highest BCUT2D eigenvalue weighted by atomic mass is 16.7. The van der Waals surface area contributed by atoms with Gasteiger partial charge in [-0.3, -0.25) is 4.90 Å². The molecule has 44 heavy (non-hydrogen) atoms. The van der Waals surface area contributed by atoms with Gasteiger partial charge in [0.15, 0.2) is 6.29 Å². The van der Waals surface area contributed by atoms with Crippen LogP contribution in [0.5, 0.6) is 0 Å². The number of esters is 1. The highest BCUT2D eigenvalue weighted by Crippen LogP contribution is 2.39. The molecule has 10 nitrogen and oxygen atoms in total. The van der Waals surface area contributed by atoms with Gasteiger partial charge in [0.2, 0.25) is 0 Å². The molecule has 4 N–H and O–H groups in total. The van der Waals surface area contributed by atoms with Crippen molar-refractivity contribution in [3.05, 3.63) is 101 Å². The maximum Gasteiger partial charge on any atom is 0.328 e. The minimum Gasteiger partial charge on any atom is -0.467 e. The van der Waals surface area contributed by atoms with Crippen LogP contribution in [0.1, 0.15) is 53.9 Å². The first-order chi connectivity index (χ1) is 21.4. The topological polar surface area (TPSA) is 130 Å². The van der Waals surface area contributed by atoms with Gasteiger partial charge in [0.05, 0.1) is 32.5 Å². The largest absolute Gasteiger partial charge is 0.467 e. The van der Waals surface area contributed by atoms with Gasteiger partial charge in [0.1, 0.15) is 6.04 Å². The molecule has 0 aliphatic carbocycles. The van der Waals surface area contributed by atoms with Gasteiger partial charge in [-0.2, -0.15) is 0 Å². The van der Waals surface area contributed by atoms with Gasteiger partial charge in [0, 0.05) is 36.7 Å². The lowest BCUT2D eigenvalue weighted by molar-refractivity contribution is -0.253. The predicted molar refractivity (Wildman–Crippen MR) is 165 cm³/mol. The van der Waals surface area contributed by atoms with Gasteiger partial charge in [-0.15, -0.1) is 0 Å². The minimum atomic E-state index is -0.859. The van der Waals surface area contributed by atoms with Crippen molar-refractivity contribution in [2.45, 2.75) is 62.9 Å². The number of aliphatic hydroxyl groups is 2. The number of amides is 2. The first-order valence-corrected chi connectivity index (χ1v) is 15.1. The van der Waals surface area contributed by atoms with Crippen LogP contribution in [0.3, 0.4) is 0 Å². The van der Waals surface area contributed by atoms with Crippen molar-refractivity contribution >= 4 is 17.7 Å². The fourth-order valence-corrected chi connectivity index (χ4v) is 5.91. The normalized spacial score (nSPS) is 22.7. The molecular formula is C34H41N3O7. The van der Waals surface area contributed by atoms with E-state index in [1.807, 2.05) is 66.7 Å². The Kier molecular flexibility index (Phi) is 11.0. The van der Waals surface area contributed by atoms with E-state index in [4.69, 9.17) is 14.2 Å². The van der Waals surface area contributed by atoms with Crippen molar-refractivity contribution in [3.63, 3.8) is 0 Å². The van der Waals surface area contributed by atoms with Crippen LogP contribution in [0.2, 0.25) is 0 Å². The number of hydrogen-bond acceptors (Lipinski definition) is 8. The molecule has 0 radical (unpaired) electrons. The lowest BCUT2D eigenvalue weighted by atomic mass is 9.99. The maximum absolute atomic E-state index is 13.0. The molecule has 3 aromatic rings. The Balaban J connectivity index is 1.30. The van der Waals surface area contributed by atoms with Gasteiger partial charge in [-0.05, 0) is 48.2 Å². The molecule has 2 aliphatic rings. The van der Waals surface area contributed by atoms with Crippen molar-refractivity contribution < 1.29 is 34.0 Å². The molecule has 10 heteroatoms. The van der Waals surface area contributed by atoms with E-state index in [0.29, 0.717) is 25.1 Å². The smallest absolute Gasteiger partial charge is 0.328 e. The molecule has 0 aromatic heterocycles. The second-order valence-electron chi connectivity index (χ2n) is 11.3. The lowest BCUT2D eigenvalue weighted by Gasteiger charge is -2.38. The number of hydrogen-bond donors (Lipinski definition) is 4. The van der Waals surface area contributed by atoms with E-state index in [9.17, 15) is 19.8 Å². The number of nitrogens with one attached hydrogen (secondary N) is 2. The van der Waals surface area contributed by atoms with Crippen LogP contribution in [0, 0.1) is 0 Å². The fraction of sp³-hybridized carbons (Fsp3) is 0.412. The Labute approximate surface area is 257 Å². The summed E-state index contributed by atoms with van der Waals surface area (Å²) >= 11 is 0. The zero-order valence-electron chi connectivity index (χ0n) is 24.9. The first-order valence-electron chi connectivity index (χ1n) is 15.1. The van der Waals surface area contributed by atoms with E-state index >= 15 is 0 Å². The highest BCUT2D eigenvalue weighted by molar-refractivity contribution is 5.92. The van der Waals surface area contributed by atoms with Gasteiger partial charge in [0.25, 0.3) is 0 Å². The molecule has 0 spiro atoms. The molecule has 0 saturated carbocycles. The van der Waals surface area contributed by atoms with Crippen molar-refractivity contribution in [2.75, 3.05) is 32.1 Å². The summed E-state index contributed by atoms with van der Waals surface area (Å²) in [6, 6.07) is 23.1. The second kappa shape index (κ2) is 15.3. The summed E-state index contributed by atoms with van der Waals surface area (Å²) in [6.45, 7) is 1.68. The number of urea groups is 1. The number of ether oxygens (including phenoxy) is 3. The number of aliphatic hydroxyl groups excluding tert-OH is 2. The molecule has 2 fully saturated rings. The highest BCUT2D eigenvalue weighted by Gasteiger charge is 2.35. The Hall–Kier alpha value is -3.80. The van der Waals surface area contributed by atoms with Gasteiger partial charge in [-0.1, -0.05) is 66.7 Å². The zero-order valence-corrected chi connectivity index (χ0v) is 24.9. The number of methoxy groups -OCH3 is 1. The van der Waals surface area contributed by atoms with Crippen molar-refractivity contribution in [2.24, 2.45) is 0 Å². The second-order valence-corrected chi connectivity index (χ2v) is 11.3. The Morgan fingerprint density at radius 1 is 0.977 bits per heavy atom. The number of rotatable bonds is 11. The van der Waals surface area contributed by atoms with E-state index < -0.39 is 24.3 Å². The number of anilines is 1. The molecular weight excluding hydrogens is 562 g/mol. The molecule has 0 bridgehead atoms. The third-order valence-electron chi connectivity index (χ3n) is 8.25. The average molecular weight is 604 g/mol. The van der Waals surface area contributed by atoms with Crippen molar-refractivity contribution in [3.8, 4) is 0 Å². The lowest BCUT2D eigenvalue weighted by Crippen LogP contribution is -2.45. The summed E-state index contributed by atoms with van der Waals surface area (Å²) in [5.41, 5.74) is 3.96. The number of benzene rings is 3. The van der Waals surface area contributed by atoms with Crippen LogP contribution in [-0.4, -0.2) is 72.1 Å². The van der Waals surface area contributed by atoms with Gasteiger partial charge >= 0.3 is 12.0 Å². The monoisotopic (exact) mass is 603 g/mol. The number of carbonyl (C=O) groups is 2. The molecule has 0 unspecified atom stereocenters. The molecule has 3 aromatic carbocycles. The van der Waals surface area contributed by atoms with Crippen LogP contribution < -0.4 is 10.6 Å². The predicted octanol–water partition coefficient (Wildman–Crippen LogP) is 4.09. The molecule has 2 aliphatic heterocycles. The van der Waals surface area contributed by atoms with Gasteiger partial charge in [-0.25, -0.2) is 9.59 Å². The molecule has 234 valence electrons. The van der Waals surface area contributed by atoms with E-state index in [2.05, 4.69) is 15.5 Å². The summed E-state index contributed by atoms with van der Waals surface area (Å²) < 4.78 is 17.9. The summed E-state index contributed by atoms with van der Waals surface area (Å²) in [4.78, 5) is 27.7. The van der Waals surface area contributed by atoms with Crippen LogP contribution in [0.4, 0.5) is 10.5 Å². The van der Waals surface area contributed by atoms with Crippen LogP contribution in [0.15, 0.2) is 78.9 Å². The van der Waals surface area contributed by atoms with Crippen LogP contribution >= 0.6 is 0 Å². The Morgan fingerprint density at radius 2 is 1.77 bits per heavy atom. The summed E-state index contributed by atoms with van der Waals surface area (Å²) in [6.07, 6.45) is 1.84. The summed E-state index contributed by atoms with van der Waals surface area (Å²) in [5, 5.41) is 24.9. The van der Waals surface area contributed by atoms with E-state index in [1.165, 1.54) is 7.11 Å². The Morgan fingerprint density at radius 3 is 2.50 bits per heavy atom. The van der Waals surface area contributed by atoms with Crippen LogP contribution in [0.25, 0.3) is 0 Å². The van der Waals surface area contributed by atoms with Crippen molar-refractivity contribution in [1.82, 2.24) is 10.2 Å². The summed E-state index contributed by atoms with van der Waals surface area (Å²) in [5.74, 6) is -0.535. The Bertz CT molecular complexity index is 1370. The standard InChI is InChI=1S/C34H41N3O7/c1-42-32(40)30(17-23-7-3-2-4-8-23)36-34(41)35-27-10-5-9-26(18-27)33-43-29(20-37-16-6-11-28(37)22-39)19-31(44-33)25-14-12-24(21-38)13-15-25/h2-5,7-10,12-15,18,28-31,33,38-39H,6,11,16-17,19-22H2,1H3,(H2,35,36,41)/t28-,29+,30-,31-,33-/m0/s1. The third-order valence-corrected chi connectivity index (χ3v) is 8.25. The number of likely N-dealkylation sites (tertiary alicyclic amines) is 1. The van der Waals surface area contributed by atoms with Gasteiger partial charge < -0.3 is 35.1 Å². The molecule has 5 atom stereocenters. The molecule has 2 saturated heterocycles. The minimum absolute atomic E-state index is 0.0301. The number of carbonyl (C=O) groups excluding carboxylic acids is 2. The molecule has 2 amide bonds. The van der Waals surface area contributed by atoms with E-state index in [1.54, 1.807) is 12.1 Å². The summed E-state index contributed by atoms with van der Waals surface area (Å²) in [7, 11) is 1.29. The quantitative estimate of drug-likeness (QED) is 0.241. The average Bonchev–Trinajstić information content (AvgIpc) is 3.51. The third kappa shape index (κ3) is 8.22. The SMILES string of the molecule is COC(=O)[C@H](Cc1ccccc1)NC(=O)Nc1cccc([C@H]2O[C@@H](CN3CCC[C@H]3CO)C[C@@H](c3ccc(CO)cc3)O2)c1. The first kappa shape index (κ1) is 31.6. The fourth-order valence-electron chi connectivity index (χ4n) is 5.91. The maximum atomic E-state index is 13.0. The van der Waals surface area contributed by atoms with E-state index in [0.717, 1.165) is 41.6 Å². The van der Waals surface area contributed by atoms with Crippen molar-refractivity contribution in [1.29, 1.82) is 0 Å².